The van der Waals surface area contributed by atoms with Gasteiger partial charge in [0.05, 0.1) is 6.10 Å². The van der Waals surface area contributed by atoms with Gasteiger partial charge < -0.3 is 19.9 Å². The van der Waals surface area contributed by atoms with Crippen LogP contribution >= 0.6 is 24.0 Å². The van der Waals surface area contributed by atoms with Gasteiger partial charge in [-0.05, 0) is 45.1 Å². The molecule has 1 aromatic carbocycles. The Labute approximate surface area is 197 Å². The summed E-state index contributed by atoms with van der Waals surface area (Å²) >= 11 is 0. The fourth-order valence-electron chi connectivity index (χ4n) is 3.88. The van der Waals surface area contributed by atoms with Crippen LogP contribution in [0.4, 0.5) is 0 Å². The minimum absolute atomic E-state index is 0. The van der Waals surface area contributed by atoms with E-state index < -0.39 is 0 Å². The molecule has 30 heavy (non-hydrogen) atoms. The summed E-state index contributed by atoms with van der Waals surface area (Å²) in [5.41, 5.74) is 2.56. The van der Waals surface area contributed by atoms with Crippen molar-refractivity contribution in [2.75, 3.05) is 26.7 Å². The molecular weight excluding hydrogens is 489 g/mol. The number of nitrogens with one attached hydrogen (secondary N) is 2. The van der Waals surface area contributed by atoms with Crippen LogP contribution in [-0.2, 0) is 11.3 Å². The third kappa shape index (κ3) is 7.27. The van der Waals surface area contributed by atoms with Crippen LogP contribution in [-0.4, -0.2) is 42.3 Å². The van der Waals surface area contributed by atoms with Gasteiger partial charge in [0.1, 0.15) is 5.82 Å². The topological polar surface area (TPSA) is 63.5 Å². The minimum Gasteiger partial charge on any atom is -0.373 e. The number of hydrogen-bond donors (Lipinski definition) is 2. The Morgan fingerprint density at radius 1 is 1.20 bits per heavy atom. The van der Waals surface area contributed by atoms with Gasteiger partial charge in [0.25, 0.3) is 0 Å². The number of nitrogens with zero attached hydrogens (tertiary/aromatic N) is 3. The number of hydrogen-bond acceptors (Lipinski definition) is 3. The van der Waals surface area contributed by atoms with Crippen molar-refractivity contribution in [3.8, 4) is 0 Å². The van der Waals surface area contributed by atoms with E-state index in [1.165, 1.54) is 17.5 Å². The molecule has 1 aliphatic heterocycles. The van der Waals surface area contributed by atoms with Crippen molar-refractivity contribution < 1.29 is 4.74 Å². The Morgan fingerprint density at radius 2 is 2.00 bits per heavy atom. The van der Waals surface area contributed by atoms with Crippen LogP contribution in [0.5, 0.6) is 0 Å². The van der Waals surface area contributed by atoms with E-state index in [2.05, 4.69) is 56.4 Å². The summed E-state index contributed by atoms with van der Waals surface area (Å²) in [7, 11) is 1.83. The lowest BCUT2D eigenvalue weighted by Gasteiger charge is -2.32. The van der Waals surface area contributed by atoms with Crippen LogP contribution in [0.3, 0.4) is 0 Å². The van der Waals surface area contributed by atoms with Gasteiger partial charge in [0.2, 0.25) is 0 Å². The fourth-order valence-corrected chi connectivity index (χ4v) is 3.88. The molecule has 0 bridgehead atoms. The number of aryl methyl sites for hydroxylation is 3. The van der Waals surface area contributed by atoms with Crippen molar-refractivity contribution >= 4 is 29.9 Å². The van der Waals surface area contributed by atoms with Crippen molar-refractivity contribution in [1.29, 1.82) is 0 Å². The molecule has 1 aliphatic rings. The molecule has 2 atom stereocenters. The first-order valence-corrected chi connectivity index (χ1v) is 10.8. The monoisotopic (exact) mass is 525 g/mol. The van der Waals surface area contributed by atoms with E-state index in [1.54, 1.807) is 0 Å². The van der Waals surface area contributed by atoms with E-state index in [4.69, 9.17) is 4.74 Å². The Balaban J connectivity index is 0.00000320. The molecule has 1 saturated heterocycles. The first-order valence-electron chi connectivity index (χ1n) is 10.8. The second-order valence-corrected chi connectivity index (χ2v) is 7.86. The third-order valence-electron chi connectivity index (χ3n) is 5.65. The maximum atomic E-state index is 6.13. The van der Waals surface area contributed by atoms with Gasteiger partial charge in [-0.2, -0.15) is 0 Å². The number of ether oxygens (including phenoxy) is 1. The van der Waals surface area contributed by atoms with Gasteiger partial charge in [0.15, 0.2) is 5.96 Å². The summed E-state index contributed by atoms with van der Waals surface area (Å²) in [5, 5.41) is 6.95. The summed E-state index contributed by atoms with van der Waals surface area (Å²) in [6, 6.07) is 8.74. The molecule has 6 nitrogen and oxygen atoms in total. The van der Waals surface area contributed by atoms with Crippen LogP contribution in [0, 0.1) is 19.8 Å². The quantitative estimate of drug-likeness (QED) is 0.235. The molecule has 7 heteroatoms. The molecule has 0 amide bonds. The van der Waals surface area contributed by atoms with Crippen molar-refractivity contribution in [2.24, 2.45) is 10.9 Å². The number of halogens is 1. The lowest BCUT2D eigenvalue weighted by Crippen LogP contribution is -2.42. The average molecular weight is 525 g/mol. The predicted octanol–water partition coefficient (Wildman–Crippen LogP) is 4.23. The number of aliphatic imine (C=N–C) groups is 1. The van der Waals surface area contributed by atoms with Gasteiger partial charge in [-0.3, -0.25) is 4.99 Å². The Kier molecular flexibility index (Phi) is 10.6. The van der Waals surface area contributed by atoms with Crippen LogP contribution in [0.1, 0.15) is 48.7 Å². The van der Waals surface area contributed by atoms with Gasteiger partial charge >= 0.3 is 0 Å². The third-order valence-corrected chi connectivity index (χ3v) is 5.65. The molecule has 2 N–H and O–H groups in total. The number of imidazole rings is 1. The summed E-state index contributed by atoms with van der Waals surface area (Å²) in [6.07, 6.45) is 8.57. The Morgan fingerprint density at radius 3 is 2.70 bits per heavy atom. The molecule has 0 spiro atoms. The molecule has 0 radical (unpaired) electrons. The Hall–Kier alpha value is -1.61. The molecule has 1 fully saturated rings. The van der Waals surface area contributed by atoms with Crippen LogP contribution in [0.2, 0.25) is 0 Å². The second-order valence-electron chi connectivity index (χ2n) is 7.86. The molecule has 2 heterocycles. The van der Waals surface area contributed by atoms with Gasteiger partial charge in [-0.25, -0.2) is 4.98 Å². The van der Waals surface area contributed by atoms with Crippen molar-refractivity contribution in [2.45, 2.75) is 52.2 Å². The van der Waals surface area contributed by atoms with Crippen molar-refractivity contribution in [3.05, 3.63) is 53.6 Å². The molecule has 0 aliphatic carbocycles. The lowest BCUT2D eigenvalue weighted by molar-refractivity contribution is -0.0265. The molecule has 0 saturated carbocycles. The molecule has 1 aromatic heterocycles. The molecule has 166 valence electrons. The largest absolute Gasteiger partial charge is 0.373 e. The smallest absolute Gasteiger partial charge is 0.190 e. The number of guanidine groups is 1. The summed E-state index contributed by atoms with van der Waals surface area (Å²) in [6.45, 7) is 7.80. The van der Waals surface area contributed by atoms with Gasteiger partial charge in [-0.1, -0.05) is 29.8 Å². The zero-order chi connectivity index (χ0) is 20.5. The molecule has 2 aromatic rings. The first-order chi connectivity index (χ1) is 14.2. The van der Waals surface area contributed by atoms with E-state index in [0.717, 1.165) is 57.3 Å². The minimum atomic E-state index is 0. The number of benzene rings is 1. The molecule has 2 unspecified atom stereocenters. The van der Waals surface area contributed by atoms with E-state index >= 15 is 0 Å². The fraction of sp³-hybridized carbons (Fsp3) is 0.565. The van der Waals surface area contributed by atoms with Gasteiger partial charge in [0, 0.05) is 51.6 Å². The standard InChI is InChI=1S/C23H35N5O.HI/c1-18-8-10-20(11-9-18)22-21(7-6-16-29-22)17-27-23(24-3)26-12-4-5-14-28-15-13-25-19(28)2;/h8-11,13,15,21-22H,4-7,12,14,16-17H2,1-3H3,(H2,24,26,27);1H. The number of aromatic nitrogens is 2. The lowest BCUT2D eigenvalue weighted by atomic mass is 9.89. The Bertz CT molecular complexity index is 774. The summed E-state index contributed by atoms with van der Waals surface area (Å²) < 4.78 is 8.33. The summed E-state index contributed by atoms with van der Waals surface area (Å²) in [5.74, 6) is 2.40. The highest BCUT2D eigenvalue weighted by atomic mass is 127. The molecule has 3 rings (SSSR count). The number of unbranched alkanes of at least 4 members (excludes halogenated alkanes) is 1. The SMILES string of the molecule is CN=C(NCCCCn1ccnc1C)NCC1CCCOC1c1ccc(C)cc1.I. The van der Waals surface area contributed by atoms with E-state index in [1.807, 2.05) is 26.4 Å². The average Bonchev–Trinajstić information content (AvgIpc) is 3.15. The second kappa shape index (κ2) is 12.9. The maximum absolute atomic E-state index is 6.13. The van der Waals surface area contributed by atoms with E-state index in [9.17, 15) is 0 Å². The van der Waals surface area contributed by atoms with Crippen LogP contribution in [0.25, 0.3) is 0 Å². The van der Waals surface area contributed by atoms with Crippen molar-refractivity contribution in [3.63, 3.8) is 0 Å². The maximum Gasteiger partial charge on any atom is 0.190 e. The normalized spacial score (nSPS) is 19.2. The molecular formula is C23H36IN5O. The number of rotatable bonds is 8. The zero-order valence-corrected chi connectivity index (χ0v) is 20.8. The highest BCUT2D eigenvalue weighted by Crippen LogP contribution is 2.33. The highest BCUT2D eigenvalue weighted by Gasteiger charge is 2.27. The van der Waals surface area contributed by atoms with Gasteiger partial charge in [-0.15, -0.1) is 24.0 Å². The predicted molar refractivity (Wildman–Crippen MR) is 134 cm³/mol. The zero-order valence-electron chi connectivity index (χ0n) is 18.4. The van der Waals surface area contributed by atoms with E-state index in [-0.39, 0.29) is 30.1 Å². The summed E-state index contributed by atoms with van der Waals surface area (Å²) in [4.78, 5) is 8.65. The van der Waals surface area contributed by atoms with Crippen molar-refractivity contribution in [1.82, 2.24) is 20.2 Å². The first kappa shape index (κ1) is 24.7. The van der Waals surface area contributed by atoms with E-state index in [0.29, 0.717) is 5.92 Å². The van der Waals surface area contributed by atoms with Crippen LogP contribution in [0.15, 0.2) is 41.7 Å². The van der Waals surface area contributed by atoms with Crippen LogP contribution < -0.4 is 10.6 Å². The highest BCUT2D eigenvalue weighted by molar-refractivity contribution is 14.0.